The fraction of sp³-hybridized carbons (Fsp3) is 0.629. The molecule has 1 aromatic carbocycles. The fourth-order valence-corrected chi connectivity index (χ4v) is 7.01. The van der Waals surface area contributed by atoms with E-state index in [4.69, 9.17) is 9.47 Å². The van der Waals surface area contributed by atoms with Gasteiger partial charge in [-0.1, -0.05) is 37.1 Å². The first-order valence-electron chi connectivity index (χ1n) is 16.9. The van der Waals surface area contributed by atoms with Crippen molar-refractivity contribution in [2.75, 3.05) is 19.8 Å². The summed E-state index contributed by atoms with van der Waals surface area (Å²) in [6.07, 6.45) is 5.13. The average molecular weight is 673 g/mol. The lowest BCUT2D eigenvalue weighted by atomic mass is 9.91. The van der Waals surface area contributed by atoms with E-state index >= 15 is 0 Å². The number of alkyl carbamates (subject to hydrolysis) is 1. The van der Waals surface area contributed by atoms with Crippen molar-refractivity contribution in [2.45, 2.75) is 109 Å². The van der Waals surface area contributed by atoms with Crippen LogP contribution in [0.1, 0.15) is 83.3 Å². The van der Waals surface area contributed by atoms with Crippen molar-refractivity contribution in [1.29, 1.82) is 0 Å². The number of carbonyl (C=O) groups excluding carboxylic acids is 5. The van der Waals surface area contributed by atoms with Crippen LogP contribution in [-0.4, -0.2) is 83.1 Å². The summed E-state index contributed by atoms with van der Waals surface area (Å²) < 4.78 is 38.6. The second-order valence-electron chi connectivity index (χ2n) is 14.3. The zero-order valence-electron chi connectivity index (χ0n) is 27.9. The number of nitrogens with zero attached hydrogens (tertiary/aromatic N) is 2. The van der Waals surface area contributed by atoms with E-state index in [9.17, 15) is 32.8 Å². The number of hydrogen-bond acceptors (Lipinski definition) is 7. The fourth-order valence-electron chi connectivity index (χ4n) is 7.01. The predicted octanol–water partition coefficient (Wildman–Crippen LogP) is 4.71. The number of ether oxygens (including phenoxy) is 2. The number of benzene rings is 1. The molecule has 1 saturated heterocycles. The van der Waals surface area contributed by atoms with Crippen LogP contribution in [-0.2, 0) is 36.9 Å². The first-order valence-corrected chi connectivity index (χ1v) is 16.9. The molecular weight excluding hydrogens is 626 g/mol. The van der Waals surface area contributed by atoms with Crippen LogP contribution in [0.4, 0.5) is 18.4 Å². The Morgan fingerprint density at radius 3 is 2.62 bits per heavy atom. The van der Waals surface area contributed by atoms with Crippen molar-refractivity contribution in [3.05, 3.63) is 47.3 Å². The Kier molecular flexibility index (Phi) is 10.7. The van der Waals surface area contributed by atoms with Gasteiger partial charge in [0.05, 0.1) is 24.5 Å². The topological polar surface area (TPSA) is 134 Å². The lowest BCUT2D eigenvalue weighted by Crippen LogP contribution is -2.53. The van der Waals surface area contributed by atoms with Gasteiger partial charge in [0.1, 0.15) is 30.2 Å². The highest BCUT2D eigenvalue weighted by Crippen LogP contribution is 2.57. The minimum absolute atomic E-state index is 0.00664. The van der Waals surface area contributed by atoms with E-state index in [2.05, 4.69) is 10.6 Å². The number of alkyl halides is 1. The quantitative estimate of drug-likeness (QED) is 0.433. The molecule has 3 heterocycles. The maximum Gasteiger partial charge on any atom is 0.410 e. The summed E-state index contributed by atoms with van der Waals surface area (Å²) >= 11 is 0. The second kappa shape index (κ2) is 14.6. The van der Waals surface area contributed by atoms with E-state index < -0.39 is 65.7 Å². The first-order chi connectivity index (χ1) is 22.8. The molecule has 11 nitrogen and oxygen atoms in total. The molecule has 0 aromatic heterocycles. The summed E-state index contributed by atoms with van der Waals surface area (Å²) in [4.78, 5) is 70.4. The van der Waals surface area contributed by atoms with Crippen molar-refractivity contribution >= 4 is 29.8 Å². The Bertz CT molecular complexity index is 1450. The van der Waals surface area contributed by atoms with Gasteiger partial charge in [-0.25, -0.2) is 18.4 Å². The summed E-state index contributed by atoms with van der Waals surface area (Å²) in [5.74, 6) is -1.91. The number of halogens is 2. The highest BCUT2D eigenvalue weighted by molar-refractivity contribution is 5.97. The molecule has 4 amide bonds. The molecule has 13 heteroatoms. The van der Waals surface area contributed by atoms with Crippen molar-refractivity contribution in [3.63, 3.8) is 0 Å². The number of ketones is 1. The predicted molar refractivity (Wildman–Crippen MR) is 171 cm³/mol. The molecular formula is C35H46F2N4O7. The van der Waals surface area contributed by atoms with Crippen LogP contribution in [0.3, 0.4) is 0 Å². The van der Waals surface area contributed by atoms with Crippen LogP contribution in [0.25, 0.3) is 0 Å². The molecule has 3 aliphatic heterocycles. The Labute approximate surface area is 279 Å². The molecule has 1 aliphatic carbocycles. The number of amides is 4. The maximum atomic E-state index is 14.4. The normalized spacial score (nSPS) is 28.3. The van der Waals surface area contributed by atoms with Crippen molar-refractivity contribution < 1.29 is 42.2 Å². The molecule has 1 aromatic rings. The van der Waals surface area contributed by atoms with Gasteiger partial charge in [0, 0.05) is 31.5 Å². The van der Waals surface area contributed by atoms with Crippen LogP contribution in [0.5, 0.6) is 0 Å². The van der Waals surface area contributed by atoms with Crippen LogP contribution >= 0.6 is 0 Å². The van der Waals surface area contributed by atoms with Crippen LogP contribution < -0.4 is 10.6 Å². The molecule has 262 valence electrons. The lowest BCUT2D eigenvalue weighted by molar-refractivity contribution is -0.140. The number of Topliss-reactive ketones (excluding diaryl/α,β-unsaturated/α-hetero) is 1. The van der Waals surface area contributed by atoms with E-state index in [1.807, 2.05) is 12.2 Å². The van der Waals surface area contributed by atoms with E-state index in [0.29, 0.717) is 30.4 Å². The van der Waals surface area contributed by atoms with Crippen molar-refractivity contribution in [1.82, 2.24) is 20.4 Å². The van der Waals surface area contributed by atoms with Gasteiger partial charge in [-0.2, -0.15) is 0 Å². The first kappa shape index (κ1) is 35.3. The van der Waals surface area contributed by atoms with E-state index in [-0.39, 0.29) is 50.7 Å². The molecule has 2 fully saturated rings. The second-order valence-corrected chi connectivity index (χ2v) is 14.3. The number of hydrogen-bond donors (Lipinski definition) is 2. The van der Waals surface area contributed by atoms with E-state index in [1.54, 1.807) is 32.9 Å². The number of carbonyl (C=O) groups is 5. The van der Waals surface area contributed by atoms with Gasteiger partial charge in [-0.05, 0) is 64.0 Å². The van der Waals surface area contributed by atoms with Crippen LogP contribution in [0, 0.1) is 17.2 Å². The SMILES string of the molecule is CC(C)(C)OC(=O)N[C@H]1CCCCC/C=C\[C@@H]2C[C@@]2(C(=O)NCCF)CC(=O)[C@@H]2C[C@@H](OC(=O)N3Cc4cccc(F)c4C3)CN2C1=O. The van der Waals surface area contributed by atoms with Gasteiger partial charge in [0.15, 0.2) is 5.78 Å². The van der Waals surface area contributed by atoms with E-state index in [1.165, 1.54) is 15.9 Å². The standard InChI is InChI=1S/C35H46F2N4O7/c1-34(2,3)48-32(45)39-27-13-8-6-4-5-7-11-23-17-35(23,31(44)38-15-14-36)18-29(42)28-16-24(20-41(28)30(27)43)47-33(46)40-19-22-10-9-12-26(37)25(22)21-40/h7,9-12,23-24,27-28H,4-6,8,13-21H2,1-3H3,(H,38,44)(H,39,45)/b11-7-/t23-,24-,27+,28+,35-/m1/s1. The van der Waals surface area contributed by atoms with Crippen LogP contribution in [0.15, 0.2) is 30.4 Å². The minimum atomic E-state index is -1.06. The van der Waals surface area contributed by atoms with Gasteiger partial charge in [0.25, 0.3) is 0 Å². The summed E-state index contributed by atoms with van der Waals surface area (Å²) in [7, 11) is 0. The van der Waals surface area contributed by atoms with E-state index in [0.717, 1.165) is 19.3 Å². The third kappa shape index (κ3) is 8.15. The maximum absolute atomic E-state index is 14.4. The van der Waals surface area contributed by atoms with Gasteiger partial charge in [-0.15, -0.1) is 0 Å². The minimum Gasteiger partial charge on any atom is -0.444 e. The van der Waals surface area contributed by atoms with Gasteiger partial charge >= 0.3 is 12.2 Å². The highest BCUT2D eigenvalue weighted by atomic mass is 19.1. The van der Waals surface area contributed by atoms with Crippen LogP contribution in [0.2, 0.25) is 0 Å². The largest absolute Gasteiger partial charge is 0.444 e. The third-order valence-corrected chi connectivity index (χ3v) is 9.55. The molecule has 2 N–H and O–H groups in total. The van der Waals surface area contributed by atoms with Gasteiger partial charge < -0.3 is 25.0 Å². The molecule has 5 atom stereocenters. The summed E-state index contributed by atoms with van der Waals surface area (Å²) in [6, 6.07) is 2.62. The van der Waals surface area contributed by atoms with Crippen molar-refractivity contribution in [2.24, 2.45) is 11.3 Å². The van der Waals surface area contributed by atoms with Gasteiger partial charge in [-0.3, -0.25) is 19.3 Å². The lowest BCUT2D eigenvalue weighted by Gasteiger charge is -2.30. The zero-order valence-corrected chi connectivity index (χ0v) is 27.9. The van der Waals surface area contributed by atoms with Gasteiger partial charge in [0.2, 0.25) is 11.8 Å². The average Bonchev–Trinajstić information content (AvgIpc) is 3.33. The Hall–Kier alpha value is -4.03. The molecule has 5 rings (SSSR count). The molecule has 48 heavy (non-hydrogen) atoms. The Balaban J connectivity index is 1.38. The Morgan fingerprint density at radius 1 is 1.10 bits per heavy atom. The monoisotopic (exact) mass is 672 g/mol. The Morgan fingerprint density at radius 2 is 1.90 bits per heavy atom. The summed E-state index contributed by atoms with van der Waals surface area (Å²) in [5.41, 5.74) is -0.775. The molecule has 0 spiro atoms. The van der Waals surface area contributed by atoms with Crippen molar-refractivity contribution in [3.8, 4) is 0 Å². The number of fused-ring (bicyclic) bond motifs is 3. The number of nitrogens with one attached hydrogen (secondary N) is 2. The highest BCUT2D eigenvalue weighted by Gasteiger charge is 2.60. The molecule has 1 saturated carbocycles. The third-order valence-electron chi connectivity index (χ3n) is 9.55. The molecule has 4 aliphatic rings. The molecule has 0 bridgehead atoms. The summed E-state index contributed by atoms with van der Waals surface area (Å²) in [5, 5.41) is 5.30. The molecule has 0 radical (unpaired) electrons. The zero-order chi connectivity index (χ0) is 34.6. The number of allylic oxidation sites excluding steroid dienone is 2. The molecule has 0 unspecified atom stereocenters. The number of rotatable bonds is 5. The summed E-state index contributed by atoms with van der Waals surface area (Å²) in [6.45, 7) is 4.32. The smallest absolute Gasteiger partial charge is 0.410 e.